The molecule has 0 radical (unpaired) electrons. The number of morpholine rings is 1. The Hall–Kier alpha value is -1.18. The fourth-order valence-electron chi connectivity index (χ4n) is 2.22. The second kappa shape index (κ2) is 5.44. The molecule has 19 heavy (non-hydrogen) atoms. The Bertz CT molecular complexity index is 572. The van der Waals surface area contributed by atoms with E-state index in [0.29, 0.717) is 13.2 Å². The highest BCUT2D eigenvalue weighted by atomic mass is 79.9. The molecule has 1 atom stereocenters. The number of imidazole rings is 1. The highest BCUT2D eigenvalue weighted by molar-refractivity contribution is 9.10. The quantitative estimate of drug-likeness (QED) is 0.852. The third kappa shape index (κ3) is 2.58. The van der Waals surface area contributed by atoms with E-state index in [1.165, 1.54) is 0 Å². The van der Waals surface area contributed by atoms with Crippen LogP contribution < -0.4 is 4.90 Å². The van der Waals surface area contributed by atoms with Crippen molar-refractivity contribution in [3.63, 3.8) is 0 Å². The van der Waals surface area contributed by atoms with Gasteiger partial charge >= 0.3 is 0 Å². The number of anilines is 1. The second-order valence-corrected chi connectivity index (χ2v) is 5.25. The van der Waals surface area contributed by atoms with E-state index in [1.807, 2.05) is 12.1 Å². The van der Waals surface area contributed by atoms with Crippen LogP contribution >= 0.6 is 15.9 Å². The van der Waals surface area contributed by atoms with E-state index in [-0.39, 0.29) is 6.10 Å². The first-order valence-electron chi connectivity index (χ1n) is 6.13. The fraction of sp³-hybridized carbons (Fsp3) is 0.500. The fourth-order valence-corrected chi connectivity index (χ4v) is 2.58. The van der Waals surface area contributed by atoms with Gasteiger partial charge in [-0.3, -0.25) is 0 Å². The normalized spacial score (nSPS) is 20.1. The van der Waals surface area contributed by atoms with Crippen molar-refractivity contribution in [1.82, 2.24) is 14.6 Å². The highest BCUT2D eigenvalue weighted by Crippen LogP contribution is 2.18. The number of hydrogen-bond donors (Lipinski definition) is 0. The summed E-state index contributed by atoms with van der Waals surface area (Å²) in [5, 5.41) is 4.59. The van der Waals surface area contributed by atoms with Crippen molar-refractivity contribution in [2.24, 2.45) is 0 Å². The number of fused-ring (bicyclic) bond motifs is 1. The molecule has 1 saturated heterocycles. The highest BCUT2D eigenvalue weighted by Gasteiger charge is 2.21. The summed E-state index contributed by atoms with van der Waals surface area (Å²) in [5.41, 5.74) is 0.831. The lowest BCUT2D eigenvalue weighted by atomic mass is 10.3. The SMILES string of the molecule is COCC1CN(c2ccc3ncc(Br)n3n2)CCO1. The lowest BCUT2D eigenvalue weighted by Gasteiger charge is -2.33. The molecule has 0 aliphatic carbocycles. The molecule has 1 unspecified atom stereocenters. The molecule has 2 aromatic rings. The van der Waals surface area contributed by atoms with Gasteiger partial charge in [0.2, 0.25) is 0 Å². The van der Waals surface area contributed by atoms with Gasteiger partial charge in [0.1, 0.15) is 10.4 Å². The van der Waals surface area contributed by atoms with Crippen molar-refractivity contribution in [2.45, 2.75) is 6.10 Å². The molecule has 7 heteroatoms. The molecule has 0 N–H and O–H groups in total. The topological polar surface area (TPSA) is 51.9 Å². The minimum Gasteiger partial charge on any atom is -0.382 e. The Labute approximate surface area is 119 Å². The number of methoxy groups -OCH3 is 1. The van der Waals surface area contributed by atoms with Crippen molar-refractivity contribution in [3.8, 4) is 0 Å². The minimum atomic E-state index is 0.0995. The van der Waals surface area contributed by atoms with Gasteiger partial charge in [0.15, 0.2) is 5.65 Å². The first-order valence-corrected chi connectivity index (χ1v) is 6.93. The van der Waals surface area contributed by atoms with Crippen LogP contribution in [-0.4, -0.2) is 54.1 Å². The van der Waals surface area contributed by atoms with Gasteiger partial charge in [-0.2, -0.15) is 0 Å². The first kappa shape index (κ1) is 12.8. The molecule has 3 rings (SSSR count). The third-order valence-electron chi connectivity index (χ3n) is 3.12. The number of ether oxygens (including phenoxy) is 2. The van der Waals surface area contributed by atoms with E-state index < -0.39 is 0 Å². The van der Waals surface area contributed by atoms with Gasteiger partial charge in [-0.25, -0.2) is 9.50 Å². The van der Waals surface area contributed by atoms with Crippen molar-refractivity contribution < 1.29 is 9.47 Å². The lowest BCUT2D eigenvalue weighted by molar-refractivity contribution is -0.0102. The molecule has 3 heterocycles. The van der Waals surface area contributed by atoms with E-state index in [1.54, 1.807) is 17.8 Å². The Morgan fingerprint density at radius 3 is 3.26 bits per heavy atom. The van der Waals surface area contributed by atoms with Gasteiger partial charge < -0.3 is 14.4 Å². The van der Waals surface area contributed by atoms with Gasteiger partial charge in [-0.1, -0.05) is 0 Å². The minimum absolute atomic E-state index is 0.0995. The van der Waals surface area contributed by atoms with Crippen LogP contribution in [-0.2, 0) is 9.47 Å². The summed E-state index contributed by atoms with van der Waals surface area (Å²) in [5.74, 6) is 0.926. The first-order chi connectivity index (χ1) is 9.28. The molecule has 0 aromatic carbocycles. The molecular formula is C12H15BrN4O2. The van der Waals surface area contributed by atoms with E-state index >= 15 is 0 Å². The van der Waals surface area contributed by atoms with Gasteiger partial charge in [-0.05, 0) is 28.1 Å². The largest absolute Gasteiger partial charge is 0.382 e. The molecule has 102 valence electrons. The number of hydrogen-bond acceptors (Lipinski definition) is 5. The van der Waals surface area contributed by atoms with Gasteiger partial charge in [0, 0.05) is 20.2 Å². The summed E-state index contributed by atoms with van der Waals surface area (Å²) in [6, 6.07) is 3.96. The molecule has 0 spiro atoms. The smallest absolute Gasteiger partial charge is 0.154 e. The van der Waals surface area contributed by atoms with Crippen LogP contribution in [0.25, 0.3) is 5.65 Å². The molecule has 1 aliphatic heterocycles. The number of nitrogens with zero attached hydrogens (tertiary/aromatic N) is 4. The zero-order valence-electron chi connectivity index (χ0n) is 10.6. The maximum atomic E-state index is 5.64. The average molecular weight is 327 g/mol. The summed E-state index contributed by atoms with van der Waals surface area (Å²) in [7, 11) is 1.69. The molecule has 0 saturated carbocycles. The Morgan fingerprint density at radius 2 is 2.42 bits per heavy atom. The third-order valence-corrected chi connectivity index (χ3v) is 3.66. The Balaban J connectivity index is 1.84. The Morgan fingerprint density at radius 1 is 1.53 bits per heavy atom. The zero-order valence-corrected chi connectivity index (χ0v) is 12.2. The lowest BCUT2D eigenvalue weighted by Crippen LogP contribution is -2.44. The van der Waals surface area contributed by atoms with E-state index in [9.17, 15) is 0 Å². The van der Waals surface area contributed by atoms with Crippen molar-refractivity contribution >= 4 is 27.4 Å². The average Bonchev–Trinajstić information content (AvgIpc) is 2.81. The standard InChI is InChI=1S/C12H15BrN4O2/c1-18-8-9-7-16(4-5-19-9)12-3-2-11-14-6-10(13)17(11)15-12/h2-3,6,9H,4-5,7-8H2,1H3. The van der Waals surface area contributed by atoms with Crippen molar-refractivity contribution in [2.75, 3.05) is 38.3 Å². The molecule has 0 amide bonds. The van der Waals surface area contributed by atoms with Crippen LogP contribution in [0.2, 0.25) is 0 Å². The van der Waals surface area contributed by atoms with Gasteiger partial charge in [0.05, 0.1) is 25.5 Å². The van der Waals surface area contributed by atoms with Crippen molar-refractivity contribution in [3.05, 3.63) is 22.9 Å². The predicted molar refractivity (Wildman–Crippen MR) is 74.5 cm³/mol. The maximum absolute atomic E-state index is 5.64. The van der Waals surface area contributed by atoms with Crippen LogP contribution in [0.15, 0.2) is 22.9 Å². The number of halogens is 1. The van der Waals surface area contributed by atoms with Crippen LogP contribution in [0.3, 0.4) is 0 Å². The molecule has 0 bridgehead atoms. The predicted octanol–water partition coefficient (Wildman–Crippen LogP) is 1.34. The summed E-state index contributed by atoms with van der Waals surface area (Å²) < 4.78 is 13.4. The Kier molecular flexibility index (Phi) is 3.67. The van der Waals surface area contributed by atoms with Gasteiger partial charge in [0.25, 0.3) is 0 Å². The monoisotopic (exact) mass is 326 g/mol. The summed E-state index contributed by atoms with van der Waals surface area (Å²) in [6.07, 6.45) is 1.85. The van der Waals surface area contributed by atoms with Crippen LogP contribution in [0.4, 0.5) is 5.82 Å². The molecule has 2 aromatic heterocycles. The molecule has 1 fully saturated rings. The van der Waals surface area contributed by atoms with Crippen molar-refractivity contribution in [1.29, 1.82) is 0 Å². The van der Waals surface area contributed by atoms with Crippen LogP contribution in [0, 0.1) is 0 Å². The molecular weight excluding hydrogens is 312 g/mol. The van der Waals surface area contributed by atoms with E-state index in [4.69, 9.17) is 9.47 Å². The number of aromatic nitrogens is 3. The maximum Gasteiger partial charge on any atom is 0.154 e. The van der Waals surface area contributed by atoms with Crippen LogP contribution in [0.1, 0.15) is 0 Å². The summed E-state index contributed by atoms with van der Waals surface area (Å²) >= 11 is 3.44. The zero-order chi connectivity index (χ0) is 13.2. The van der Waals surface area contributed by atoms with Crippen LogP contribution in [0.5, 0.6) is 0 Å². The number of rotatable bonds is 3. The van der Waals surface area contributed by atoms with E-state index in [0.717, 1.165) is 29.2 Å². The van der Waals surface area contributed by atoms with Gasteiger partial charge in [-0.15, -0.1) is 5.10 Å². The summed E-state index contributed by atoms with van der Waals surface area (Å²) in [6.45, 7) is 2.93. The van der Waals surface area contributed by atoms with E-state index in [2.05, 4.69) is 30.9 Å². The molecule has 1 aliphatic rings. The molecule has 6 nitrogen and oxygen atoms in total. The summed E-state index contributed by atoms with van der Waals surface area (Å²) in [4.78, 5) is 6.45. The second-order valence-electron chi connectivity index (χ2n) is 4.44.